The number of aromatic nitrogens is 1. The third-order valence-corrected chi connectivity index (χ3v) is 6.28. The second kappa shape index (κ2) is 8.98. The molecule has 8 nitrogen and oxygen atoms in total. The first-order chi connectivity index (χ1) is 15.4. The molecule has 0 spiro atoms. The van der Waals surface area contributed by atoms with Gasteiger partial charge in [0.25, 0.3) is 11.8 Å². The van der Waals surface area contributed by atoms with E-state index in [9.17, 15) is 19.2 Å². The molecule has 0 bridgehead atoms. The minimum atomic E-state index is -0.364. The number of nitrogens with zero attached hydrogens (tertiary/aromatic N) is 3. The van der Waals surface area contributed by atoms with E-state index < -0.39 is 0 Å². The zero-order valence-corrected chi connectivity index (χ0v) is 18.4. The van der Waals surface area contributed by atoms with Crippen molar-refractivity contribution in [2.45, 2.75) is 38.6 Å². The van der Waals surface area contributed by atoms with E-state index in [2.05, 4.69) is 0 Å². The predicted molar refractivity (Wildman–Crippen MR) is 116 cm³/mol. The molecule has 4 rings (SSSR count). The van der Waals surface area contributed by atoms with E-state index in [-0.39, 0.29) is 42.7 Å². The Morgan fingerprint density at radius 1 is 1.06 bits per heavy atom. The van der Waals surface area contributed by atoms with Gasteiger partial charge in [-0.15, -0.1) is 0 Å². The van der Waals surface area contributed by atoms with Gasteiger partial charge in [0.05, 0.1) is 18.2 Å². The third-order valence-electron chi connectivity index (χ3n) is 6.28. The van der Waals surface area contributed by atoms with E-state index >= 15 is 0 Å². The summed E-state index contributed by atoms with van der Waals surface area (Å²) in [6.45, 7) is 3.33. The highest BCUT2D eigenvalue weighted by Crippen LogP contribution is 2.26. The molecule has 1 saturated heterocycles. The summed E-state index contributed by atoms with van der Waals surface area (Å²) in [5.41, 5.74) is 2.34. The molecule has 8 heteroatoms. The highest BCUT2D eigenvalue weighted by molar-refractivity contribution is 6.21. The number of benzene rings is 1. The van der Waals surface area contributed by atoms with Crippen LogP contribution < -0.4 is 0 Å². The summed E-state index contributed by atoms with van der Waals surface area (Å²) >= 11 is 0. The van der Waals surface area contributed by atoms with Gasteiger partial charge in [-0.1, -0.05) is 11.6 Å². The van der Waals surface area contributed by atoms with Gasteiger partial charge in [-0.3, -0.25) is 19.3 Å². The number of hydrogen-bond acceptors (Lipinski definition) is 5. The quantitative estimate of drug-likeness (QED) is 0.512. The van der Waals surface area contributed by atoms with E-state index in [0.717, 1.165) is 18.4 Å². The molecule has 0 atom stereocenters. The van der Waals surface area contributed by atoms with E-state index in [1.807, 2.05) is 34.7 Å². The second-order valence-corrected chi connectivity index (χ2v) is 8.32. The normalized spacial score (nSPS) is 16.4. The fraction of sp³-hybridized carbons (Fsp3) is 0.417. The van der Waals surface area contributed by atoms with Crippen LogP contribution in [0.25, 0.3) is 0 Å². The van der Waals surface area contributed by atoms with Gasteiger partial charge < -0.3 is 14.2 Å². The Kier molecular flexibility index (Phi) is 6.12. The Labute approximate surface area is 186 Å². The van der Waals surface area contributed by atoms with Crippen LogP contribution in [-0.2, 0) is 9.53 Å². The third kappa shape index (κ3) is 4.04. The van der Waals surface area contributed by atoms with Crippen LogP contribution in [0.4, 0.5) is 0 Å². The zero-order valence-electron chi connectivity index (χ0n) is 18.4. The number of imide groups is 1. The van der Waals surface area contributed by atoms with Crippen LogP contribution in [0.2, 0.25) is 0 Å². The zero-order chi connectivity index (χ0) is 22.8. The Morgan fingerprint density at radius 2 is 1.78 bits per heavy atom. The minimum absolute atomic E-state index is 0.0246. The van der Waals surface area contributed by atoms with Gasteiger partial charge in [-0.05, 0) is 50.5 Å². The first-order valence-electron chi connectivity index (χ1n) is 10.9. The standard InChI is InChI=1S/C24H27N3O5/c1-16-7-8-18-19(15-16)23(30)27(22(18)29)12-4-6-21(28)25-13-9-17(10-14-25)26-11-3-5-20(26)24(31)32-2/h3,5,7-8,11,15,17H,4,6,9-10,12-14H2,1-2H3. The minimum Gasteiger partial charge on any atom is -0.464 e. The van der Waals surface area contributed by atoms with Crippen molar-refractivity contribution in [3.8, 4) is 0 Å². The van der Waals surface area contributed by atoms with Crippen molar-refractivity contribution in [3.05, 3.63) is 58.9 Å². The molecule has 0 aliphatic carbocycles. The van der Waals surface area contributed by atoms with E-state index in [1.165, 1.54) is 12.0 Å². The highest BCUT2D eigenvalue weighted by Gasteiger charge is 2.35. The summed E-state index contributed by atoms with van der Waals surface area (Å²) in [6, 6.07) is 8.96. The summed E-state index contributed by atoms with van der Waals surface area (Å²) in [5, 5.41) is 0. The molecule has 3 heterocycles. The second-order valence-electron chi connectivity index (χ2n) is 8.32. The summed E-state index contributed by atoms with van der Waals surface area (Å²) in [7, 11) is 1.37. The van der Waals surface area contributed by atoms with Crippen LogP contribution >= 0.6 is 0 Å². The van der Waals surface area contributed by atoms with Crippen molar-refractivity contribution in [1.82, 2.24) is 14.4 Å². The number of fused-ring (bicyclic) bond motifs is 1. The van der Waals surface area contributed by atoms with Crippen molar-refractivity contribution in [2.75, 3.05) is 26.7 Å². The van der Waals surface area contributed by atoms with Crippen LogP contribution in [0.1, 0.15) is 68.5 Å². The van der Waals surface area contributed by atoms with Crippen molar-refractivity contribution in [1.29, 1.82) is 0 Å². The molecule has 168 valence electrons. The number of carbonyl (C=O) groups is 4. The highest BCUT2D eigenvalue weighted by atomic mass is 16.5. The average Bonchev–Trinajstić information content (AvgIpc) is 3.38. The SMILES string of the molecule is COC(=O)c1cccn1C1CCN(C(=O)CCCN2C(=O)c3ccc(C)cc3C2=O)CC1. The topological polar surface area (TPSA) is 88.9 Å². The number of piperidine rings is 1. The van der Waals surface area contributed by atoms with Gasteiger partial charge >= 0.3 is 5.97 Å². The number of carbonyl (C=O) groups excluding carboxylic acids is 4. The number of esters is 1. The molecule has 2 aromatic rings. The van der Waals surface area contributed by atoms with Gasteiger partial charge in [0.1, 0.15) is 5.69 Å². The molecule has 32 heavy (non-hydrogen) atoms. The number of ether oxygens (including phenoxy) is 1. The van der Waals surface area contributed by atoms with Crippen molar-refractivity contribution >= 4 is 23.7 Å². The monoisotopic (exact) mass is 437 g/mol. The van der Waals surface area contributed by atoms with Gasteiger partial charge in [0, 0.05) is 38.3 Å². The van der Waals surface area contributed by atoms with Gasteiger partial charge in [-0.2, -0.15) is 0 Å². The van der Waals surface area contributed by atoms with Crippen molar-refractivity contribution in [2.24, 2.45) is 0 Å². The summed E-state index contributed by atoms with van der Waals surface area (Å²) in [6.07, 6.45) is 4.10. The van der Waals surface area contributed by atoms with E-state index in [4.69, 9.17) is 4.74 Å². The van der Waals surface area contributed by atoms with Crippen LogP contribution in [-0.4, -0.2) is 64.8 Å². The molecule has 3 amide bonds. The summed E-state index contributed by atoms with van der Waals surface area (Å²) in [4.78, 5) is 52.7. The lowest BCUT2D eigenvalue weighted by molar-refractivity contribution is -0.132. The number of methoxy groups -OCH3 is 1. The lowest BCUT2D eigenvalue weighted by Gasteiger charge is -2.33. The molecule has 0 radical (unpaired) electrons. The molecular formula is C24H27N3O5. The van der Waals surface area contributed by atoms with Crippen molar-refractivity contribution in [3.63, 3.8) is 0 Å². The lowest BCUT2D eigenvalue weighted by Crippen LogP contribution is -2.39. The molecule has 1 fully saturated rings. The van der Waals surface area contributed by atoms with Crippen molar-refractivity contribution < 1.29 is 23.9 Å². The van der Waals surface area contributed by atoms with Gasteiger partial charge in [0.2, 0.25) is 5.91 Å². The fourth-order valence-corrected chi connectivity index (χ4v) is 4.54. The molecule has 0 N–H and O–H groups in total. The number of aryl methyl sites for hydroxylation is 1. The first-order valence-corrected chi connectivity index (χ1v) is 10.9. The molecule has 2 aliphatic rings. The molecule has 0 saturated carbocycles. The summed E-state index contributed by atoms with van der Waals surface area (Å²) < 4.78 is 6.77. The van der Waals surface area contributed by atoms with Gasteiger partial charge in [-0.25, -0.2) is 4.79 Å². The van der Waals surface area contributed by atoms with Crippen LogP contribution in [0.3, 0.4) is 0 Å². The average molecular weight is 437 g/mol. The number of rotatable bonds is 6. The lowest BCUT2D eigenvalue weighted by atomic mass is 10.0. The Bertz CT molecular complexity index is 1070. The van der Waals surface area contributed by atoms with Gasteiger partial charge in [0.15, 0.2) is 0 Å². The Balaban J connectivity index is 1.27. The largest absolute Gasteiger partial charge is 0.464 e. The Hall–Kier alpha value is -3.42. The van der Waals surface area contributed by atoms with Crippen LogP contribution in [0.15, 0.2) is 36.5 Å². The Morgan fingerprint density at radius 3 is 2.50 bits per heavy atom. The molecular weight excluding hydrogens is 410 g/mol. The number of amides is 3. The maximum atomic E-state index is 12.7. The fourth-order valence-electron chi connectivity index (χ4n) is 4.54. The molecule has 2 aliphatic heterocycles. The maximum Gasteiger partial charge on any atom is 0.354 e. The number of hydrogen-bond donors (Lipinski definition) is 0. The molecule has 0 unspecified atom stereocenters. The molecule has 1 aromatic carbocycles. The first kappa shape index (κ1) is 21.8. The molecule has 1 aromatic heterocycles. The van der Waals surface area contributed by atoms with Crippen LogP contribution in [0, 0.1) is 6.92 Å². The summed E-state index contributed by atoms with van der Waals surface area (Å²) in [5.74, 6) is -0.907. The van der Waals surface area contributed by atoms with E-state index in [0.29, 0.717) is 36.3 Å². The van der Waals surface area contributed by atoms with E-state index in [1.54, 1.807) is 18.2 Å². The number of likely N-dealkylation sites (tertiary alicyclic amines) is 1. The maximum absolute atomic E-state index is 12.7. The van der Waals surface area contributed by atoms with Crippen LogP contribution in [0.5, 0.6) is 0 Å². The predicted octanol–water partition coefficient (Wildman–Crippen LogP) is 2.82. The smallest absolute Gasteiger partial charge is 0.354 e.